The van der Waals surface area contributed by atoms with Crippen molar-refractivity contribution in [3.05, 3.63) is 57.8 Å². The average molecular weight is 1800 g/mol. The van der Waals surface area contributed by atoms with Crippen molar-refractivity contribution in [2.45, 2.75) is 487 Å². The maximum Gasteiger partial charge on any atom is 0.302 e. The highest BCUT2D eigenvalue weighted by molar-refractivity contribution is 7.09. The predicted molar refractivity (Wildman–Crippen MR) is 524 cm³/mol. The molecule has 1 aromatic heterocycles. The van der Waals surface area contributed by atoms with Crippen LogP contribution in [0.3, 0.4) is 0 Å². The number of esters is 2. The summed E-state index contributed by atoms with van der Waals surface area (Å²) < 4.78 is 11.9. The van der Waals surface area contributed by atoms with Crippen molar-refractivity contribution in [2.75, 3.05) is 0 Å². The fraction of sp³-hybridized carbons (Fsp3) is 0.896. The SMILES string of the molecule is C.C=C(C)CCC[C@](C)(O)[C@H]1CC[C@H]2[C@@H]3C[C@H](OC(C)=O)[C@H]4C[C@@H](O)CC[C@]4(C)[C@H]3CC[C@@]21C.CC(=O)O[C@H]1CC2C3CCC([C@@](C)(O)CCCC(C)C)[C@@]3(C)CCC2[C@@]2(C)CC[C@H](O)CC12.CCC(C)CCC[C@](C)(O)[C@H]1CC[C@H]2[C@@H]3CC=C4C[C@@H](O)CC[C@]4(C)[C@H]3CC[C@@]21C.C[C@]12CC[C@H]3[C@@H](CC=C4C[C@@H](O)CC[C@@]43C)[C@@H]1CC[C@@H]2[C@@](C)(O)CCCc1cccs1. The summed E-state index contributed by atoms with van der Waals surface area (Å²) in [5.41, 5.74) is 3.81. The summed E-state index contributed by atoms with van der Waals surface area (Å²) in [6.45, 7) is 46.7. The minimum atomic E-state index is -0.642. The maximum absolute atomic E-state index is 12.0. The van der Waals surface area contributed by atoms with Crippen LogP contribution in [0, 0.1) is 162 Å². The summed E-state index contributed by atoms with van der Waals surface area (Å²) in [7, 11) is 0. The van der Waals surface area contributed by atoms with Gasteiger partial charge in [0.2, 0.25) is 0 Å². The summed E-state index contributed by atoms with van der Waals surface area (Å²) in [6, 6.07) is 4.36. The van der Waals surface area contributed by atoms with Crippen LogP contribution < -0.4 is 0 Å². The molecular weight excluding hydrogens is 1610 g/mol. The van der Waals surface area contributed by atoms with E-state index in [1.54, 1.807) is 11.1 Å². The Morgan fingerprint density at radius 3 is 1.14 bits per heavy atom. The zero-order chi connectivity index (χ0) is 92.0. The lowest BCUT2D eigenvalue weighted by Gasteiger charge is -2.62. The third-order valence-corrected chi connectivity index (χ3v) is 44.5. The molecule has 730 valence electrons. The summed E-state index contributed by atoms with van der Waals surface area (Å²) >= 11 is 1.84. The third-order valence-electron chi connectivity index (χ3n) is 43.6. The maximum atomic E-state index is 12.0. The van der Waals surface area contributed by atoms with Gasteiger partial charge in [-0.2, -0.15) is 0 Å². The number of aliphatic hydroxyl groups is 8. The van der Waals surface area contributed by atoms with Gasteiger partial charge in [-0.3, -0.25) is 9.59 Å². The molecule has 37 atom stereocenters. The molecule has 17 rings (SSSR count). The first kappa shape index (κ1) is 103. The number of hydrogen-bond donors (Lipinski definition) is 8. The van der Waals surface area contributed by atoms with Crippen molar-refractivity contribution in [1.29, 1.82) is 0 Å². The van der Waals surface area contributed by atoms with E-state index >= 15 is 0 Å². The van der Waals surface area contributed by atoms with Crippen LogP contribution in [0.1, 0.15) is 426 Å². The molecular formula is C115H192O12S. The van der Waals surface area contributed by atoms with Gasteiger partial charge in [0.15, 0.2) is 0 Å². The largest absolute Gasteiger partial charge is 0.462 e. The van der Waals surface area contributed by atoms with Crippen LogP contribution in [-0.2, 0) is 25.5 Å². The molecule has 14 saturated carbocycles. The van der Waals surface area contributed by atoms with Gasteiger partial charge in [0.25, 0.3) is 0 Å². The van der Waals surface area contributed by atoms with Gasteiger partial charge in [0.05, 0.1) is 46.8 Å². The van der Waals surface area contributed by atoms with E-state index in [2.05, 4.69) is 154 Å². The molecule has 8 N–H and O–H groups in total. The zero-order valence-electron chi connectivity index (χ0n) is 84.0. The first-order chi connectivity index (χ1) is 59.6. The molecule has 0 bridgehead atoms. The van der Waals surface area contributed by atoms with E-state index in [-0.39, 0.29) is 94.9 Å². The number of allylic oxidation sites excluding steroid dienone is 3. The zero-order valence-corrected chi connectivity index (χ0v) is 84.9. The van der Waals surface area contributed by atoms with Crippen LogP contribution in [0.5, 0.6) is 0 Å². The van der Waals surface area contributed by atoms with Crippen molar-refractivity contribution in [3.8, 4) is 0 Å². The molecule has 14 fully saturated rings. The Kier molecular flexibility index (Phi) is 32.0. The Bertz CT molecular complexity index is 3930. The van der Waals surface area contributed by atoms with E-state index in [0.717, 1.165) is 202 Å². The lowest BCUT2D eigenvalue weighted by Crippen LogP contribution is -2.59. The lowest BCUT2D eigenvalue weighted by atomic mass is 9.43. The third kappa shape index (κ3) is 20.0. The van der Waals surface area contributed by atoms with Gasteiger partial charge in [-0.25, -0.2) is 0 Å². The summed E-state index contributed by atoms with van der Waals surface area (Å²) in [5.74, 6) is 11.4. The molecule has 0 saturated heterocycles. The van der Waals surface area contributed by atoms with Crippen LogP contribution >= 0.6 is 11.3 Å². The first-order valence-electron chi connectivity index (χ1n) is 53.6. The van der Waals surface area contributed by atoms with Crippen molar-refractivity contribution in [1.82, 2.24) is 0 Å². The number of aryl methyl sites for hydroxylation is 1. The molecule has 0 aliphatic heterocycles. The number of ether oxygens (including phenoxy) is 2. The standard InChI is InChI=1S/C29H50O4.C29H48O4.C28H42O2S.C28H48O2.CH4/c2*1-18(2)8-7-13-29(6,32)26-10-9-22-21-17-25(33-19(3)30)24-16-20(31)11-14-27(24,4)23(21)12-15-28(22,26)5;1-26-15-12-20(29)18-19(26)8-9-22-23-10-11-25(27(23,2)16-13-24(22)26)28(3,30)14-4-6-21-7-5-17-31-21;1-6-19(2)8-7-15-28(5,30)25-12-11-23-22-10-9-20-18-21(29)13-16-26(20,3)24(22)14-17-27(23,25)4;/h18,20-26,31-32H,7-17H2,1-6H3;20-26,31-32H,1,7-17H2,2-6H3;5,7-8,17,20,22-25,29-30H,4,6,9-16,18H2,1-3H3;9,19,21-25,29-30H,6-8,10-18H2,1-5H3;1H4/t20-,21?,22?,23?,24?,25-,26?,27+,28-,29-;20-,21-,22-,23-,24+,25-,26-,27+,28-,29-;20-,22-,23-,24-,25-,26-,27-,28-;19?,21-,22-,23-,24-,25-,26-,27-,28-;/m0000./s1. The fourth-order valence-corrected chi connectivity index (χ4v) is 37.7. The second kappa shape index (κ2) is 39.8. The highest BCUT2D eigenvalue weighted by Crippen LogP contribution is 2.75. The molecule has 16 aliphatic carbocycles. The normalized spacial score (nSPS) is 45.5. The number of rotatable bonds is 23. The molecule has 0 spiro atoms. The van der Waals surface area contributed by atoms with Gasteiger partial charge in [-0.05, 0) is 453 Å². The second-order valence-corrected chi connectivity index (χ2v) is 52.5. The number of thiophene rings is 1. The van der Waals surface area contributed by atoms with E-state index in [1.165, 1.54) is 153 Å². The predicted octanol–water partition coefficient (Wildman–Crippen LogP) is 26.5. The molecule has 0 aromatic carbocycles. The van der Waals surface area contributed by atoms with Gasteiger partial charge in [0.1, 0.15) is 12.2 Å². The number of carbonyl (C=O) groups is 2. The smallest absolute Gasteiger partial charge is 0.302 e. The lowest BCUT2D eigenvalue weighted by molar-refractivity contribution is -0.196. The minimum Gasteiger partial charge on any atom is -0.462 e. The molecule has 1 heterocycles. The molecule has 1 aromatic rings. The van der Waals surface area contributed by atoms with Crippen LogP contribution in [-0.4, -0.2) is 112 Å². The van der Waals surface area contributed by atoms with Crippen LogP contribution in [0.25, 0.3) is 0 Å². The van der Waals surface area contributed by atoms with Crippen LogP contribution in [0.2, 0.25) is 0 Å². The Balaban J connectivity index is 0.000000146. The highest BCUT2D eigenvalue weighted by Gasteiger charge is 2.69. The van der Waals surface area contributed by atoms with Crippen LogP contribution in [0.4, 0.5) is 0 Å². The summed E-state index contributed by atoms with van der Waals surface area (Å²) in [5, 5.41) is 90.2. The van der Waals surface area contributed by atoms with E-state index in [9.17, 15) is 50.4 Å². The molecule has 16 aliphatic rings. The quantitative estimate of drug-likeness (QED) is 0.0380. The van der Waals surface area contributed by atoms with Crippen molar-refractivity contribution < 1.29 is 59.9 Å². The Morgan fingerprint density at radius 2 is 0.781 bits per heavy atom. The van der Waals surface area contributed by atoms with Crippen LogP contribution in [0.15, 0.2) is 53.0 Å². The Morgan fingerprint density at radius 1 is 0.438 bits per heavy atom. The minimum absolute atomic E-state index is 0. The van der Waals surface area contributed by atoms with E-state index in [4.69, 9.17) is 9.47 Å². The molecule has 12 nitrogen and oxygen atoms in total. The topological polar surface area (TPSA) is 214 Å². The van der Waals surface area contributed by atoms with Gasteiger partial charge in [-0.15, -0.1) is 17.9 Å². The molecule has 128 heavy (non-hydrogen) atoms. The number of fused-ring (bicyclic) bond motifs is 20. The number of carbonyl (C=O) groups excluding carboxylic acids is 2. The summed E-state index contributed by atoms with van der Waals surface area (Å²) in [6.07, 6.45) is 53.3. The number of hydrogen-bond acceptors (Lipinski definition) is 13. The van der Waals surface area contributed by atoms with E-state index in [1.807, 2.05) is 11.3 Å². The van der Waals surface area contributed by atoms with Crippen molar-refractivity contribution in [3.63, 3.8) is 0 Å². The first-order valence-corrected chi connectivity index (χ1v) is 54.5. The van der Waals surface area contributed by atoms with Crippen molar-refractivity contribution >= 4 is 23.3 Å². The van der Waals surface area contributed by atoms with E-state index in [0.29, 0.717) is 81.3 Å². The fourth-order valence-electron chi connectivity index (χ4n) is 37.0. The molecule has 13 heteroatoms. The molecule has 6 unspecified atom stereocenters. The average Bonchev–Trinajstić information content (AvgIpc) is 1.47. The van der Waals surface area contributed by atoms with Gasteiger partial charge in [-0.1, -0.05) is 158 Å². The highest BCUT2D eigenvalue weighted by atomic mass is 32.1. The second-order valence-electron chi connectivity index (χ2n) is 51.5. The Hall–Kier alpha value is -2.46. The van der Waals surface area contributed by atoms with Crippen molar-refractivity contribution in [2.24, 2.45) is 162 Å². The van der Waals surface area contributed by atoms with E-state index < -0.39 is 22.4 Å². The Labute approximate surface area is 784 Å². The molecule has 0 amide bonds. The summed E-state index contributed by atoms with van der Waals surface area (Å²) in [4.78, 5) is 25.5. The monoisotopic (exact) mass is 1800 g/mol. The number of aliphatic hydroxyl groups excluding tert-OH is 4. The van der Waals surface area contributed by atoms with Gasteiger partial charge < -0.3 is 50.3 Å². The van der Waals surface area contributed by atoms with Gasteiger partial charge >= 0.3 is 11.9 Å². The van der Waals surface area contributed by atoms with Gasteiger partial charge in [0, 0.05) is 30.6 Å². The molecule has 0 radical (unpaired) electrons.